The first-order valence-electron chi connectivity index (χ1n) is 5.75. The van der Waals surface area contributed by atoms with Gasteiger partial charge in [-0.2, -0.15) is 0 Å². The molecule has 2 fully saturated rings. The van der Waals surface area contributed by atoms with Crippen LogP contribution >= 0.6 is 0 Å². The molecule has 2 heterocycles. The van der Waals surface area contributed by atoms with Gasteiger partial charge in [0.25, 0.3) is 0 Å². The average molecular weight is 198 g/mol. The highest BCUT2D eigenvalue weighted by molar-refractivity contribution is 4.88. The quantitative estimate of drug-likeness (QED) is 0.712. The number of nitrogens with one attached hydrogen (secondary N) is 1. The Balaban J connectivity index is 1.88. The van der Waals surface area contributed by atoms with Crippen molar-refractivity contribution in [2.45, 2.75) is 38.3 Å². The molecule has 0 amide bonds. The van der Waals surface area contributed by atoms with E-state index in [1.165, 1.54) is 25.9 Å². The zero-order valence-corrected chi connectivity index (χ0v) is 9.38. The summed E-state index contributed by atoms with van der Waals surface area (Å²) in [5, 5.41) is 3.56. The highest BCUT2D eigenvalue weighted by Crippen LogP contribution is 2.20. The summed E-state index contributed by atoms with van der Waals surface area (Å²) < 4.78 is 5.52. The number of nitrogens with zero attached hydrogens (tertiary/aromatic N) is 1. The van der Waals surface area contributed by atoms with Crippen LogP contribution in [0.25, 0.3) is 0 Å². The molecule has 2 aliphatic heterocycles. The van der Waals surface area contributed by atoms with E-state index in [-0.39, 0.29) is 5.54 Å². The van der Waals surface area contributed by atoms with Gasteiger partial charge in [-0.15, -0.1) is 0 Å². The van der Waals surface area contributed by atoms with Gasteiger partial charge in [-0.3, -0.25) is 4.90 Å². The maximum atomic E-state index is 5.52. The summed E-state index contributed by atoms with van der Waals surface area (Å²) in [5.41, 5.74) is 0.225. The molecule has 14 heavy (non-hydrogen) atoms. The molecule has 2 aliphatic rings. The smallest absolute Gasteiger partial charge is 0.0645 e. The molecule has 0 spiro atoms. The van der Waals surface area contributed by atoms with Crippen LogP contribution in [0.4, 0.5) is 0 Å². The van der Waals surface area contributed by atoms with Gasteiger partial charge in [-0.05, 0) is 33.2 Å². The standard InChI is InChI=1S/C11H22N2O/c1-11(2)9-14-7-6-13(11)8-10-4-3-5-12-10/h10,12H,3-9H2,1-2H3/t10-/m1/s1. The molecule has 82 valence electrons. The van der Waals surface area contributed by atoms with Crippen LogP contribution in [0, 0.1) is 0 Å². The van der Waals surface area contributed by atoms with Crippen molar-refractivity contribution in [3.8, 4) is 0 Å². The molecule has 0 saturated carbocycles. The molecule has 3 heteroatoms. The fraction of sp³-hybridized carbons (Fsp3) is 1.00. The Labute approximate surface area is 86.8 Å². The minimum atomic E-state index is 0.225. The molecule has 0 bridgehead atoms. The summed E-state index contributed by atoms with van der Waals surface area (Å²) >= 11 is 0. The average Bonchev–Trinajstić information content (AvgIpc) is 2.61. The van der Waals surface area contributed by atoms with Gasteiger partial charge in [0.1, 0.15) is 0 Å². The van der Waals surface area contributed by atoms with E-state index >= 15 is 0 Å². The predicted octanol–water partition coefficient (Wildman–Crippen LogP) is 0.849. The molecule has 0 aromatic carbocycles. The lowest BCUT2D eigenvalue weighted by Crippen LogP contribution is -2.56. The molecule has 0 aromatic rings. The van der Waals surface area contributed by atoms with E-state index in [1.54, 1.807) is 0 Å². The number of hydrogen-bond acceptors (Lipinski definition) is 3. The van der Waals surface area contributed by atoms with E-state index in [1.807, 2.05) is 0 Å². The largest absolute Gasteiger partial charge is 0.378 e. The van der Waals surface area contributed by atoms with Crippen molar-refractivity contribution in [1.29, 1.82) is 0 Å². The maximum Gasteiger partial charge on any atom is 0.0645 e. The normalized spacial score (nSPS) is 33.4. The first-order chi connectivity index (χ1) is 6.68. The summed E-state index contributed by atoms with van der Waals surface area (Å²) in [5.74, 6) is 0. The molecule has 0 radical (unpaired) electrons. The molecule has 0 unspecified atom stereocenters. The molecule has 0 aliphatic carbocycles. The Morgan fingerprint density at radius 3 is 3.00 bits per heavy atom. The third kappa shape index (κ3) is 2.27. The van der Waals surface area contributed by atoms with Crippen LogP contribution in [-0.2, 0) is 4.74 Å². The van der Waals surface area contributed by atoms with E-state index in [0.29, 0.717) is 6.04 Å². The Bertz CT molecular complexity index is 188. The molecule has 2 saturated heterocycles. The Kier molecular flexibility index (Phi) is 3.10. The minimum absolute atomic E-state index is 0.225. The van der Waals surface area contributed by atoms with Gasteiger partial charge in [0.15, 0.2) is 0 Å². The third-order valence-corrected chi connectivity index (χ3v) is 3.42. The first kappa shape index (κ1) is 10.4. The molecule has 1 N–H and O–H groups in total. The number of hydrogen-bond donors (Lipinski definition) is 1. The van der Waals surface area contributed by atoms with Gasteiger partial charge in [0.2, 0.25) is 0 Å². The van der Waals surface area contributed by atoms with Crippen LogP contribution in [0.5, 0.6) is 0 Å². The van der Waals surface area contributed by atoms with Crippen molar-refractivity contribution >= 4 is 0 Å². The number of ether oxygens (including phenoxy) is 1. The summed E-state index contributed by atoms with van der Waals surface area (Å²) in [4.78, 5) is 2.57. The zero-order valence-electron chi connectivity index (χ0n) is 9.38. The highest BCUT2D eigenvalue weighted by Gasteiger charge is 2.32. The number of morpholine rings is 1. The second kappa shape index (κ2) is 4.17. The third-order valence-electron chi connectivity index (χ3n) is 3.42. The van der Waals surface area contributed by atoms with Gasteiger partial charge in [-0.1, -0.05) is 0 Å². The van der Waals surface area contributed by atoms with E-state index in [2.05, 4.69) is 24.1 Å². The zero-order chi connectivity index (χ0) is 10.0. The molecular formula is C11H22N2O. The summed E-state index contributed by atoms with van der Waals surface area (Å²) in [6.45, 7) is 9.81. The van der Waals surface area contributed by atoms with Crippen LogP contribution in [0.1, 0.15) is 26.7 Å². The fourth-order valence-electron chi connectivity index (χ4n) is 2.41. The molecular weight excluding hydrogens is 176 g/mol. The second-order valence-corrected chi connectivity index (χ2v) is 5.10. The van der Waals surface area contributed by atoms with Crippen molar-refractivity contribution in [3.63, 3.8) is 0 Å². The van der Waals surface area contributed by atoms with Crippen molar-refractivity contribution < 1.29 is 4.74 Å². The van der Waals surface area contributed by atoms with Gasteiger partial charge < -0.3 is 10.1 Å². The lowest BCUT2D eigenvalue weighted by atomic mass is 10.0. The predicted molar refractivity (Wildman–Crippen MR) is 57.5 cm³/mol. The van der Waals surface area contributed by atoms with E-state index < -0.39 is 0 Å². The first-order valence-corrected chi connectivity index (χ1v) is 5.75. The van der Waals surface area contributed by atoms with Crippen LogP contribution in [-0.4, -0.2) is 49.3 Å². The Hall–Kier alpha value is -0.120. The summed E-state index contributed by atoms with van der Waals surface area (Å²) in [7, 11) is 0. The van der Waals surface area contributed by atoms with Gasteiger partial charge in [0.05, 0.1) is 13.2 Å². The fourth-order valence-corrected chi connectivity index (χ4v) is 2.41. The molecule has 0 aromatic heterocycles. The summed E-state index contributed by atoms with van der Waals surface area (Å²) in [6, 6.07) is 0.715. The second-order valence-electron chi connectivity index (χ2n) is 5.10. The van der Waals surface area contributed by atoms with E-state index in [0.717, 1.165) is 19.8 Å². The van der Waals surface area contributed by atoms with Crippen molar-refractivity contribution in [3.05, 3.63) is 0 Å². The van der Waals surface area contributed by atoms with Crippen LogP contribution in [0.2, 0.25) is 0 Å². The van der Waals surface area contributed by atoms with Crippen LogP contribution in [0.15, 0.2) is 0 Å². The lowest BCUT2D eigenvalue weighted by molar-refractivity contribution is -0.0537. The lowest BCUT2D eigenvalue weighted by Gasteiger charge is -2.43. The monoisotopic (exact) mass is 198 g/mol. The number of rotatable bonds is 2. The van der Waals surface area contributed by atoms with Crippen LogP contribution in [0.3, 0.4) is 0 Å². The Morgan fingerprint density at radius 1 is 1.50 bits per heavy atom. The molecule has 2 rings (SSSR count). The highest BCUT2D eigenvalue weighted by atomic mass is 16.5. The summed E-state index contributed by atoms with van der Waals surface area (Å²) in [6.07, 6.45) is 2.68. The van der Waals surface area contributed by atoms with Crippen LogP contribution < -0.4 is 5.32 Å². The van der Waals surface area contributed by atoms with Crippen molar-refractivity contribution in [1.82, 2.24) is 10.2 Å². The maximum absolute atomic E-state index is 5.52. The Morgan fingerprint density at radius 2 is 2.36 bits per heavy atom. The molecule has 1 atom stereocenters. The van der Waals surface area contributed by atoms with Crippen molar-refractivity contribution in [2.75, 3.05) is 32.8 Å². The SMILES string of the molecule is CC1(C)COCCN1C[C@H]1CCCN1. The van der Waals surface area contributed by atoms with Crippen molar-refractivity contribution in [2.24, 2.45) is 0 Å². The van der Waals surface area contributed by atoms with E-state index in [4.69, 9.17) is 4.74 Å². The van der Waals surface area contributed by atoms with E-state index in [9.17, 15) is 0 Å². The van der Waals surface area contributed by atoms with Gasteiger partial charge >= 0.3 is 0 Å². The molecule has 3 nitrogen and oxygen atoms in total. The van der Waals surface area contributed by atoms with Gasteiger partial charge in [-0.25, -0.2) is 0 Å². The van der Waals surface area contributed by atoms with Gasteiger partial charge in [0, 0.05) is 24.7 Å². The topological polar surface area (TPSA) is 24.5 Å². The minimum Gasteiger partial charge on any atom is -0.378 e.